The van der Waals surface area contributed by atoms with Crippen molar-refractivity contribution >= 4 is 11.4 Å². The van der Waals surface area contributed by atoms with Gasteiger partial charge in [-0.15, -0.1) is 5.10 Å². The maximum atomic E-state index is 13.9. The predicted molar refractivity (Wildman–Crippen MR) is 116 cm³/mol. The summed E-state index contributed by atoms with van der Waals surface area (Å²) >= 11 is 0. The lowest BCUT2D eigenvalue weighted by molar-refractivity contribution is -0.0250. The maximum Gasteiger partial charge on any atom is 0.350 e. The van der Waals surface area contributed by atoms with Crippen LogP contribution in [0, 0.1) is 5.82 Å². The van der Waals surface area contributed by atoms with E-state index in [0.717, 1.165) is 25.7 Å². The molecule has 4 heterocycles. The van der Waals surface area contributed by atoms with Crippen molar-refractivity contribution in [2.24, 2.45) is 5.16 Å². The normalized spacial score (nSPS) is 23.8. The number of pyridine rings is 1. The molecule has 2 saturated heterocycles. The summed E-state index contributed by atoms with van der Waals surface area (Å²) in [6.45, 7) is 0.892. The molecule has 168 valence electrons. The van der Waals surface area contributed by atoms with Crippen LogP contribution in [-0.2, 0) is 17.9 Å². The summed E-state index contributed by atoms with van der Waals surface area (Å²) in [5, 5.41) is 17.4. The van der Waals surface area contributed by atoms with Gasteiger partial charge in [0.15, 0.2) is 5.65 Å². The van der Waals surface area contributed by atoms with E-state index < -0.39 is 0 Å². The maximum absolute atomic E-state index is 13.9. The molecule has 9 heteroatoms. The topological polar surface area (TPSA) is 84.4 Å². The van der Waals surface area contributed by atoms with Crippen LogP contribution < -0.4 is 5.69 Å². The molecule has 8 nitrogen and oxygen atoms in total. The monoisotopic (exact) mass is 439 g/mol. The van der Waals surface area contributed by atoms with Crippen LogP contribution in [0.25, 0.3) is 5.65 Å². The minimum Gasteiger partial charge on any atom is -0.411 e. The molecular weight excluding hydrogens is 413 g/mol. The van der Waals surface area contributed by atoms with Crippen LogP contribution in [0.4, 0.5) is 4.39 Å². The zero-order valence-electron chi connectivity index (χ0n) is 17.7. The van der Waals surface area contributed by atoms with E-state index >= 15 is 0 Å². The number of hydrogen-bond acceptors (Lipinski definition) is 6. The van der Waals surface area contributed by atoms with Gasteiger partial charge < -0.3 is 9.94 Å². The Kier molecular flexibility index (Phi) is 5.75. The van der Waals surface area contributed by atoms with Crippen LogP contribution in [0.3, 0.4) is 0 Å². The number of nitrogens with zero attached hydrogens (tertiary/aromatic N) is 5. The number of aromatic nitrogens is 3. The van der Waals surface area contributed by atoms with Crippen molar-refractivity contribution in [3.05, 3.63) is 70.5 Å². The summed E-state index contributed by atoms with van der Waals surface area (Å²) in [5.41, 5.74) is 1.38. The number of hydrogen-bond donors (Lipinski definition) is 1. The SMILES string of the molecule is O=c1n(C/C(CN2C3CCC2CC(OCc2ccccc2F)C3)=N/O)nc2ccccn12. The molecule has 2 aliphatic heterocycles. The fourth-order valence-corrected chi connectivity index (χ4v) is 5.01. The van der Waals surface area contributed by atoms with Crippen LogP contribution >= 0.6 is 0 Å². The third-order valence-corrected chi connectivity index (χ3v) is 6.60. The molecule has 1 N–H and O–H groups in total. The Morgan fingerprint density at radius 2 is 1.88 bits per heavy atom. The molecule has 2 atom stereocenters. The molecule has 0 amide bonds. The zero-order chi connectivity index (χ0) is 22.1. The van der Waals surface area contributed by atoms with E-state index in [-0.39, 0.29) is 30.8 Å². The largest absolute Gasteiger partial charge is 0.411 e. The first-order valence-electron chi connectivity index (χ1n) is 11.0. The highest BCUT2D eigenvalue weighted by Gasteiger charge is 2.41. The Hall–Kier alpha value is -3.04. The molecule has 3 aromatic rings. The van der Waals surface area contributed by atoms with Crippen molar-refractivity contribution in [1.29, 1.82) is 0 Å². The van der Waals surface area contributed by atoms with Crippen molar-refractivity contribution in [2.45, 2.75) is 57.0 Å². The molecule has 0 aliphatic carbocycles. The molecule has 2 unspecified atom stereocenters. The molecule has 0 radical (unpaired) electrons. The average Bonchev–Trinajstić information content (AvgIpc) is 3.23. The lowest BCUT2D eigenvalue weighted by Crippen LogP contribution is -2.48. The fourth-order valence-electron chi connectivity index (χ4n) is 5.01. The van der Waals surface area contributed by atoms with Crippen molar-refractivity contribution in [3.8, 4) is 0 Å². The second-order valence-electron chi connectivity index (χ2n) is 8.59. The molecular formula is C23H26FN5O3. The Morgan fingerprint density at radius 3 is 2.59 bits per heavy atom. The van der Waals surface area contributed by atoms with Gasteiger partial charge in [-0.1, -0.05) is 29.4 Å². The summed E-state index contributed by atoms with van der Waals surface area (Å²) in [7, 11) is 0. The molecule has 1 aromatic carbocycles. The van der Waals surface area contributed by atoms with E-state index in [1.807, 2.05) is 12.1 Å². The van der Waals surface area contributed by atoms with Gasteiger partial charge in [-0.25, -0.2) is 13.9 Å². The number of fused-ring (bicyclic) bond motifs is 3. The first-order chi connectivity index (χ1) is 15.6. The third kappa shape index (κ3) is 4.05. The number of piperidine rings is 1. The van der Waals surface area contributed by atoms with Gasteiger partial charge in [0.05, 0.1) is 25.0 Å². The van der Waals surface area contributed by atoms with Crippen molar-refractivity contribution in [2.75, 3.05) is 6.54 Å². The highest BCUT2D eigenvalue weighted by Crippen LogP contribution is 2.37. The van der Waals surface area contributed by atoms with Gasteiger partial charge >= 0.3 is 5.69 Å². The standard InChI is InChI=1S/C23H26FN5O3/c24-21-6-2-1-5-16(21)15-32-20-11-18-8-9-19(12-20)28(18)13-17(26-31)14-29-23(30)27-10-4-3-7-22(27)25-29/h1-7,10,18-20,31H,8-9,11-15H2/b26-17+. The van der Waals surface area contributed by atoms with Gasteiger partial charge in [0.25, 0.3) is 0 Å². The van der Waals surface area contributed by atoms with E-state index in [4.69, 9.17) is 4.74 Å². The molecule has 2 bridgehead atoms. The van der Waals surface area contributed by atoms with Gasteiger partial charge in [0.2, 0.25) is 0 Å². The number of halogens is 1. The summed E-state index contributed by atoms with van der Waals surface area (Å²) in [4.78, 5) is 14.9. The van der Waals surface area contributed by atoms with Gasteiger partial charge in [-0.05, 0) is 43.9 Å². The Balaban J connectivity index is 1.22. The highest BCUT2D eigenvalue weighted by atomic mass is 19.1. The molecule has 32 heavy (non-hydrogen) atoms. The quantitative estimate of drug-likeness (QED) is 0.348. The Morgan fingerprint density at radius 1 is 1.12 bits per heavy atom. The molecule has 2 aromatic heterocycles. The predicted octanol–water partition coefficient (Wildman–Crippen LogP) is 2.68. The van der Waals surface area contributed by atoms with Crippen LogP contribution in [-0.4, -0.2) is 54.7 Å². The lowest BCUT2D eigenvalue weighted by Gasteiger charge is -2.38. The van der Waals surface area contributed by atoms with Gasteiger partial charge in [0.1, 0.15) is 5.82 Å². The number of oxime groups is 1. The Bertz CT molecular complexity index is 1180. The second kappa shape index (κ2) is 8.84. The highest BCUT2D eigenvalue weighted by molar-refractivity contribution is 5.85. The summed E-state index contributed by atoms with van der Waals surface area (Å²) in [6.07, 6.45) is 5.58. The summed E-state index contributed by atoms with van der Waals surface area (Å²) in [5.74, 6) is -0.237. The van der Waals surface area contributed by atoms with E-state index in [1.165, 1.54) is 15.1 Å². The van der Waals surface area contributed by atoms with Crippen molar-refractivity contribution < 1.29 is 14.3 Å². The number of rotatable bonds is 7. The van der Waals surface area contributed by atoms with Crippen LogP contribution in [0.15, 0.2) is 58.6 Å². The summed E-state index contributed by atoms with van der Waals surface area (Å²) < 4.78 is 22.7. The summed E-state index contributed by atoms with van der Waals surface area (Å²) in [6, 6.07) is 12.7. The molecule has 0 saturated carbocycles. The molecule has 2 aliphatic rings. The second-order valence-corrected chi connectivity index (χ2v) is 8.59. The van der Waals surface area contributed by atoms with Crippen molar-refractivity contribution in [3.63, 3.8) is 0 Å². The number of ether oxygens (including phenoxy) is 1. The minimum absolute atomic E-state index is 0.0823. The van der Waals surface area contributed by atoms with Gasteiger partial charge in [-0.2, -0.15) is 0 Å². The van der Waals surface area contributed by atoms with Crippen LogP contribution in [0.1, 0.15) is 31.2 Å². The molecule has 5 rings (SSSR count). The third-order valence-electron chi connectivity index (χ3n) is 6.60. The average molecular weight is 439 g/mol. The number of benzene rings is 1. The van der Waals surface area contributed by atoms with Crippen LogP contribution in [0.2, 0.25) is 0 Å². The van der Waals surface area contributed by atoms with Gasteiger partial charge in [0, 0.05) is 30.4 Å². The van der Waals surface area contributed by atoms with E-state index in [1.54, 1.807) is 30.5 Å². The lowest BCUT2D eigenvalue weighted by atomic mass is 9.99. The van der Waals surface area contributed by atoms with Crippen molar-refractivity contribution in [1.82, 2.24) is 19.1 Å². The smallest absolute Gasteiger partial charge is 0.350 e. The fraction of sp³-hybridized carbons (Fsp3) is 0.435. The first kappa shape index (κ1) is 20.8. The van der Waals surface area contributed by atoms with Crippen LogP contribution in [0.5, 0.6) is 0 Å². The van der Waals surface area contributed by atoms with Gasteiger partial charge in [-0.3, -0.25) is 9.30 Å². The zero-order valence-corrected chi connectivity index (χ0v) is 17.7. The molecule has 0 spiro atoms. The minimum atomic E-state index is -0.259. The van der Waals surface area contributed by atoms with E-state index in [9.17, 15) is 14.4 Å². The van der Waals surface area contributed by atoms with E-state index in [2.05, 4.69) is 15.2 Å². The Labute approximate surface area is 184 Å². The first-order valence-corrected chi connectivity index (χ1v) is 11.0. The van der Waals surface area contributed by atoms with E-state index in [0.29, 0.717) is 35.6 Å². The molecule has 2 fully saturated rings.